The summed E-state index contributed by atoms with van der Waals surface area (Å²) in [4.78, 5) is 4.78. The third-order valence-corrected chi connectivity index (χ3v) is 6.68. The Balaban J connectivity index is 1.81. The van der Waals surface area contributed by atoms with Crippen LogP contribution < -0.4 is 10.2 Å². The van der Waals surface area contributed by atoms with Crippen LogP contribution in [0.5, 0.6) is 5.75 Å². The van der Waals surface area contributed by atoms with Crippen LogP contribution in [0.4, 0.5) is 4.39 Å². The highest BCUT2D eigenvalue weighted by Gasteiger charge is 2.53. The molecule has 2 aromatic rings. The van der Waals surface area contributed by atoms with Crippen LogP contribution in [-0.4, -0.2) is 30.6 Å². The van der Waals surface area contributed by atoms with E-state index in [1.807, 2.05) is 58.0 Å². The highest BCUT2D eigenvalue weighted by atomic mass is 19.1. The molecule has 0 aliphatic carbocycles. The molecular weight excluding hydrogens is 404 g/mol. The second-order valence-electron chi connectivity index (χ2n) is 10.7. The minimum Gasteiger partial charge on any atom is -0.488 e. The lowest BCUT2D eigenvalue weighted by Crippen LogP contribution is -2.41. The summed E-state index contributed by atoms with van der Waals surface area (Å²) in [7, 11) is -0.790. The normalized spacial score (nSPS) is 19.5. The second-order valence-corrected chi connectivity index (χ2v) is 10.7. The van der Waals surface area contributed by atoms with E-state index in [1.165, 1.54) is 0 Å². The fraction of sp³-hybridized carbons (Fsp3) is 0.500. The van der Waals surface area contributed by atoms with Crippen molar-refractivity contribution in [3.63, 3.8) is 0 Å². The van der Waals surface area contributed by atoms with E-state index >= 15 is 4.39 Å². The summed E-state index contributed by atoms with van der Waals surface area (Å²) in [6.45, 7) is 15.1. The number of nitrogens with zero attached hydrogens (tertiary/aromatic N) is 1. The predicted octanol–water partition coefficient (Wildman–Crippen LogP) is 5.10. The molecule has 1 fully saturated rings. The van der Waals surface area contributed by atoms with Crippen LogP contribution in [0.1, 0.15) is 65.2 Å². The van der Waals surface area contributed by atoms with Crippen molar-refractivity contribution in [2.24, 2.45) is 10.4 Å². The van der Waals surface area contributed by atoms with E-state index in [0.717, 1.165) is 16.8 Å². The van der Waals surface area contributed by atoms with Crippen molar-refractivity contribution in [3.05, 3.63) is 58.9 Å². The molecule has 0 saturated carbocycles. The Morgan fingerprint density at radius 3 is 2.28 bits per heavy atom. The third kappa shape index (κ3) is 4.11. The predicted molar refractivity (Wildman–Crippen MR) is 127 cm³/mol. The number of benzene rings is 2. The maximum Gasteiger partial charge on any atom is 0.498 e. The molecule has 2 aliphatic rings. The second kappa shape index (κ2) is 8.00. The van der Waals surface area contributed by atoms with Crippen LogP contribution in [-0.2, 0) is 22.3 Å². The van der Waals surface area contributed by atoms with Gasteiger partial charge in [-0.3, -0.25) is 4.99 Å². The molecule has 0 aromatic heterocycles. The van der Waals surface area contributed by atoms with Gasteiger partial charge in [0.05, 0.1) is 16.9 Å². The molecule has 0 spiro atoms. The zero-order valence-corrected chi connectivity index (χ0v) is 20.2. The van der Waals surface area contributed by atoms with Crippen LogP contribution in [0.25, 0.3) is 0 Å². The Morgan fingerprint density at radius 2 is 1.69 bits per heavy atom. The Bertz CT molecular complexity index is 1030. The maximum absolute atomic E-state index is 15.9. The molecule has 0 bridgehead atoms. The van der Waals surface area contributed by atoms with E-state index in [2.05, 4.69) is 20.8 Å². The van der Waals surface area contributed by atoms with Crippen molar-refractivity contribution in [3.8, 4) is 5.75 Å². The molecule has 2 aliphatic heterocycles. The number of rotatable bonds is 4. The first-order valence-corrected chi connectivity index (χ1v) is 11.3. The first-order valence-electron chi connectivity index (χ1n) is 11.3. The van der Waals surface area contributed by atoms with Crippen LogP contribution in [0.3, 0.4) is 0 Å². The van der Waals surface area contributed by atoms with Gasteiger partial charge in [-0.15, -0.1) is 0 Å². The Morgan fingerprint density at radius 1 is 1.06 bits per heavy atom. The first kappa shape index (κ1) is 23.0. The summed E-state index contributed by atoms with van der Waals surface area (Å²) < 4.78 is 34.6. The fourth-order valence-corrected chi connectivity index (χ4v) is 4.17. The van der Waals surface area contributed by atoms with E-state index in [9.17, 15) is 0 Å². The molecule has 0 amide bonds. The van der Waals surface area contributed by atoms with Crippen molar-refractivity contribution < 1.29 is 18.4 Å². The van der Waals surface area contributed by atoms with E-state index in [0.29, 0.717) is 36.3 Å². The molecule has 0 atom stereocenters. The lowest BCUT2D eigenvalue weighted by Gasteiger charge is -2.32. The summed E-state index contributed by atoms with van der Waals surface area (Å²) in [6, 6.07) is 11.7. The van der Waals surface area contributed by atoms with Crippen molar-refractivity contribution in [1.82, 2.24) is 0 Å². The maximum atomic E-state index is 15.9. The molecule has 0 N–H and O–H groups in total. The van der Waals surface area contributed by atoms with E-state index in [4.69, 9.17) is 19.0 Å². The number of ether oxygens (including phenoxy) is 1. The Hall–Kier alpha value is -2.18. The van der Waals surface area contributed by atoms with E-state index in [1.54, 1.807) is 6.07 Å². The third-order valence-electron chi connectivity index (χ3n) is 6.68. The number of halogens is 1. The van der Waals surface area contributed by atoms with Crippen molar-refractivity contribution in [2.45, 2.75) is 72.7 Å². The van der Waals surface area contributed by atoms with Gasteiger partial charge in [-0.05, 0) is 45.7 Å². The summed E-state index contributed by atoms with van der Waals surface area (Å²) >= 11 is 0. The fourth-order valence-electron chi connectivity index (χ4n) is 4.17. The molecule has 2 heterocycles. The highest BCUT2D eigenvalue weighted by Crippen LogP contribution is 2.39. The molecule has 4 rings (SSSR count). The van der Waals surface area contributed by atoms with Gasteiger partial charge in [0.15, 0.2) is 0 Å². The van der Waals surface area contributed by atoms with Crippen molar-refractivity contribution in [2.75, 3.05) is 6.54 Å². The van der Waals surface area contributed by atoms with Gasteiger partial charge in [-0.25, -0.2) is 4.39 Å². The van der Waals surface area contributed by atoms with Gasteiger partial charge in [-0.2, -0.15) is 0 Å². The number of aliphatic imine (C=N–C) groups is 1. The minimum absolute atomic E-state index is 0.238. The van der Waals surface area contributed by atoms with Gasteiger partial charge in [0.1, 0.15) is 18.2 Å². The molecule has 0 radical (unpaired) electrons. The first-order chi connectivity index (χ1) is 14.9. The zero-order chi connectivity index (χ0) is 23.3. The number of hydrogen-bond donors (Lipinski definition) is 0. The Labute approximate surface area is 191 Å². The quantitative estimate of drug-likeness (QED) is 0.626. The number of fused-ring (bicyclic) bond motifs is 1. The van der Waals surface area contributed by atoms with Crippen LogP contribution in [0.2, 0.25) is 0 Å². The minimum atomic E-state index is -0.790. The molecule has 4 nitrogen and oxygen atoms in total. The molecule has 6 heteroatoms. The van der Waals surface area contributed by atoms with Gasteiger partial charge in [0.2, 0.25) is 0 Å². The molecule has 1 saturated heterocycles. The van der Waals surface area contributed by atoms with Gasteiger partial charge in [0.25, 0.3) is 0 Å². The van der Waals surface area contributed by atoms with Gasteiger partial charge in [0, 0.05) is 28.5 Å². The molecule has 0 unspecified atom stereocenters. The largest absolute Gasteiger partial charge is 0.498 e. The van der Waals surface area contributed by atoms with Crippen molar-refractivity contribution >= 4 is 18.3 Å². The molecule has 2 aromatic carbocycles. The average molecular weight is 437 g/mol. The molecule has 32 heavy (non-hydrogen) atoms. The summed E-state index contributed by atoms with van der Waals surface area (Å²) in [5.41, 5.74) is 2.39. The standard InChI is InChI=1S/C26H33BFNO3/c1-24(2,3)23-21-18(13-14-29-23)22(28)19(27-31-25(4,5)26(6,7)32-27)15-20(21)30-16-17-11-9-8-10-12-17/h8-12,15H,13-14,16H2,1-7H3. The summed E-state index contributed by atoms with van der Waals surface area (Å²) in [5, 5.41) is 0. The average Bonchev–Trinajstić information content (AvgIpc) is 2.94. The van der Waals surface area contributed by atoms with Gasteiger partial charge < -0.3 is 14.0 Å². The summed E-state index contributed by atoms with van der Waals surface area (Å²) in [6.07, 6.45) is 0.524. The van der Waals surface area contributed by atoms with E-state index < -0.39 is 18.3 Å². The number of hydrogen-bond acceptors (Lipinski definition) is 4. The SMILES string of the molecule is CC(C)(C)C1=NCCc2c(F)c(B3OC(C)(C)C(C)(C)O3)cc(OCc3ccccc3)c21. The summed E-state index contributed by atoms with van der Waals surface area (Å²) in [5.74, 6) is 0.352. The lowest BCUT2D eigenvalue weighted by molar-refractivity contribution is 0.00578. The zero-order valence-electron chi connectivity index (χ0n) is 20.2. The topological polar surface area (TPSA) is 40.0 Å². The highest BCUT2D eigenvalue weighted by molar-refractivity contribution is 6.62. The molecular formula is C26H33BFNO3. The smallest absolute Gasteiger partial charge is 0.488 e. The lowest BCUT2D eigenvalue weighted by atomic mass is 9.73. The molecule has 170 valence electrons. The van der Waals surface area contributed by atoms with Crippen LogP contribution >= 0.6 is 0 Å². The van der Waals surface area contributed by atoms with E-state index in [-0.39, 0.29) is 11.2 Å². The van der Waals surface area contributed by atoms with Crippen LogP contribution in [0.15, 0.2) is 41.4 Å². The Kier molecular flexibility index (Phi) is 5.75. The van der Waals surface area contributed by atoms with Crippen LogP contribution in [0, 0.1) is 11.2 Å². The van der Waals surface area contributed by atoms with Gasteiger partial charge in [-0.1, -0.05) is 51.1 Å². The van der Waals surface area contributed by atoms with Crippen molar-refractivity contribution in [1.29, 1.82) is 0 Å². The monoisotopic (exact) mass is 437 g/mol. The van der Waals surface area contributed by atoms with Gasteiger partial charge >= 0.3 is 7.12 Å².